The average Bonchev–Trinajstić information content (AvgIpc) is 3.17. The third kappa shape index (κ3) is 3.07. The number of hydrogen-bond acceptors (Lipinski definition) is 6. The van der Waals surface area contributed by atoms with Crippen molar-refractivity contribution in [2.75, 3.05) is 5.32 Å². The minimum Gasteiger partial charge on any atom is -0.472 e. The highest BCUT2D eigenvalue weighted by Gasteiger charge is 2.10. The van der Waals surface area contributed by atoms with Crippen LogP contribution in [0.4, 0.5) is 5.69 Å². The molecule has 1 aromatic carbocycles. The molecule has 0 aliphatic carbocycles. The highest BCUT2D eigenvalue weighted by molar-refractivity contribution is 6.33. The van der Waals surface area contributed by atoms with E-state index in [-0.39, 0.29) is 6.61 Å². The van der Waals surface area contributed by atoms with Crippen molar-refractivity contribution in [2.45, 2.75) is 13.2 Å². The van der Waals surface area contributed by atoms with Crippen LogP contribution in [0.5, 0.6) is 0 Å². The van der Waals surface area contributed by atoms with Crippen molar-refractivity contribution >= 4 is 17.3 Å². The zero-order chi connectivity index (χ0) is 14.7. The summed E-state index contributed by atoms with van der Waals surface area (Å²) in [6.07, 6.45) is 3.07. The van der Waals surface area contributed by atoms with E-state index in [0.717, 1.165) is 11.1 Å². The molecule has 2 aromatic heterocycles. The second kappa shape index (κ2) is 5.99. The highest BCUT2D eigenvalue weighted by atomic mass is 35.5. The zero-order valence-corrected chi connectivity index (χ0v) is 11.7. The molecule has 0 spiro atoms. The van der Waals surface area contributed by atoms with Crippen LogP contribution < -0.4 is 5.32 Å². The summed E-state index contributed by atoms with van der Waals surface area (Å²) >= 11 is 6.09. The van der Waals surface area contributed by atoms with Gasteiger partial charge < -0.3 is 19.4 Å². The van der Waals surface area contributed by atoms with Gasteiger partial charge in [-0.25, -0.2) is 0 Å². The summed E-state index contributed by atoms with van der Waals surface area (Å²) in [5.74, 6) is 0.896. The van der Waals surface area contributed by atoms with Gasteiger partial charge in [-0.05, 0) is 23.8 Å². The van der Waals surface area contributed by atoms with E-state index in [1.165, 1.54) is 12.5 Å². The van der Waals surface area contributed by atoms with E-state index < -0.39 is 0 Å². The third-order valence-electron chi connectivity index (χ3n) is 2.89. The van der Waals surface area contributed by atoms with Crippen LogP contribution in [0.3, 0.4) is 0 Å². The molecule has 0 saturated carbocycles. The van der Waals surface area contributed by atoms with Crippen LogP contribution >= 0.6 is 11.6 Å². The van der Waals surface area contributed by atoms with Gasteiger partial charge in [-0.2, -0.15) is 4.98 Å². The number of anilines is 1. The van der Waals surface area contributed by atoms with Gasteiger partial charge in [0.25, 0.3) is 5.89 Å². The maximum absolute atomic E-state index is 9.13. The Bertz CT molecular complexity index is 725. The van der Waals surface area contributed by atoms with Crippen molar-refractivity contribution in [3.8, 4) is 11.5 Å². The van der Waals surface area contributed by atoms with E-state index in [2.05, 4.69) is 15.5 Å². The molecule has 108 valence electrons. The number of nitrogens with zero attached hydrogens (tertiary/aromatic N) is 2. The van der Waals surface area contributed by atoms with E-state index in [0.29, 0.717) is 29.0 Å². The normalized spacial score (nSPS) is 10.8. The van der Waals surface area contributed by atoms with Crippen LogP contribution in [0.1, 0.15) is 11.4 Å². The third-order valence-corrected chi connectivity index (χ3v) is 3.22. The summed E-state index contributed by atoms with van der Waals surface area (Å²) in [5, 5.41) is 16.7. The first-order chi connectivity index (χ1) is 10.3. The first-order valence-electron chi connectivity index (χ1n) is 6.24. The van der Waals surface area contributed by atoms with Crippen LogP contribution in [0, 0.1) is 0 Å². The van der Waals surface area contributed by atoms with Crippen molar-refractivity contribution in [3.05, 3.63) is 53.2 Å². The molecule has 0 aliphatic heterocycles. The molecule has 6 nitrogen and oxygen atoms in total. The fourth-order valence-electron chi connectivity index (χ4n) is 1.81. The van der Waals surface area contributed by atoms with Gasteiger partial charge in [-0.15, -0.1) is 0 Å². The predicted molar refractivity (Wildman–Crippen MR) is 76.7 cm³/mol. The van der Waals surface area contributed by atoms with Crippen LogP contribution in [-0.4, -0.2) is 15.2 Å². The fraction of sp³-hybridized carbons (Fsp3) is 0.143. The van der Waals surface area contributed by atoms with Gasteiger partial charge in [0.05, 0.1) is 35.7 Å². The van der Waals surface area contributed by atoms with Crippen LogP contribution in [0.25, 0.3) is 11.5 Å². The van der Waals surface area contributed by atoms with Gasteiger partial charge in [0.2, 0.25) is 0 Å². The summed E-state index contributed by atoms with van der Waals surface area (Å²) in [6.45, 7) is 0.314. The average molecular weight is 306 g/mol. The number of aliphatic hydroxyl groups is 1. The first-order valence-corrected chi connectivity index (χ1v) is 6.62. The minimum absolute atomic E-state index is 0.0430. The van der Waals surface area contributed by atoms with Crippen molar-refractivity contribution in [1.29, 1.82) is 0 Å². The lowest BCUT2D eigenvalue weighted by atomic mass is 10.2. The smallest absolute Gasteiger partial charge is 0.261 e. The Morgan fingerprint density at radius 2 is 2.19 bits per heavy atom. The van der Waals surface area contributed by atoms with Gasteiger partial charge in [-0.3, -0.25) is 0 Å². The number of rotatable bonds is 5. The Hall–Kier alpha value is -2.31. The largest absolute Gasteiger partial charge is 0.472 e. The number of halogens is 1. The van der Waals surface area contributed by atoms with Crippen molar-refractivity contribution < 1.29 is 14.0 Å². The lowest BCUT2D eigenvalue weighted by Crippen LogP contribution is -2.02. The number of aromatic nitrogens is 2. The molecule has 3 rings (SSSR count). The minimum atomic E-state index is -0.0430. The maximum atomic E-state index is 9.13. The number of nitrogens with one attached hydrogen (secondary N) is 1. The molecule has 2 N–H and O–H groups in total. The molecule has 0 aliphatic rings. The molecule has 2 heterocycles. The lowest BCUT2D eigenvalue weighted by molar-refractivity contribution is 0.282. The van der Waals surface area contributed by atoms with Crippen molar-refractivity contribution in [3.63, 3.8) is 0 Å². The number of aliphatic hydroxyl groups excluding tert-OH is 1. The standard InChI is InChI=1S/C14H12ClN3O3/c15-11-2-1-9(7-19)5-12(11)16-6-13-17-14(21-18-13)10-3-4-20-8-10/h1-5,8,16,19H,6-7H2. The maximum Gasteiger partial charge on any atom is 0.261 e. The Morgan fingerprint density at radius 3 is 2.95 bits per heavy atom. The van der Waals surface area contributed by atoms with E-state index in [1.54, 1.807) is 24.3 Å². The van der Waals surface area contributed by atoms with Gasteiger partial charge in [-0.1, -0.05) is 22.8 Å². The zero-order valence-electron chi connectivity index (χ0n) is 10.9. The van der Waals surface area contributed by atoms with Gasteiger partial charge in [0, 0.05) is 0 Å². The van der Waals surface area contributed by atoms with Crippen molar-refractivity contribution in [1.82, 2.24) is 10.1 Å². The molecular formula is C14H12ClN3O3. The molecule has 0 atom stereocenters. The van der Waals surface area contributed by atoms with Crippen LogP contribution in [0.15, 0.2) is 45.7 Å². The highest BCUT2D eigenvalue weighted by Crippen LogP contribution is 2.24. The number of benzene rings is 1. The molecule has 21 heavy (non-hydrogen) atoms. The Morgan fingerprint density at radius 1 is 1.29 bits per heavy atom. The number of hydrogen-bond donors (Lipinski definition) is 2. The second-order valence-electron chi connectivity index (χ2n) is 4.35. The van der Waals surface area contributed by atoms with E-state index >= 15 is 0 Å². The van der Waals surface area contributed by atoms with Crippen LogP contribution in [-0.2, 0) is 13.2 Å². The predicted octanol–water partition coefficient (Wildman–Crippen LogP) is 3.09. The van der Waals surface area contributed by atoms with E-state index in [9.17, 15) is 0 Å². The Balaban J connectivity index is 1.71. The van der Waals surface area contributed by atoms with E-state index in [4.69, 9.17) is 25.6 Å². The fourth-order valence-corrected chi connectivity index (χ4v) is 1.99. The van der Waals surface area contributed by atoms with Gasteiger partial charge >= 0.3 is 0 Å². The molecule has 0 saturated heterocycles. The Labute approximate surface area is 125 Å². The summed E-state index contributed by atoms with van der Waals surface area (Å²) < 4.78 is 10.1. The van der Waals surface area contributed by atoms with Gasteiger partial charge in [0.1, 0.15) is 6.26 Å². The quantitative estimate of drug-likeness (QED) is 0.753. The van der Waals surface area contributed by atoms with Gasteiger partial charge in [0.15, 0.2) is 5.82 Å². The molecule has 0 unspecified atom stereocenters. The second-order valence-corrected chi connectivity index (χ2v) is 4.76. The molecule has 0 amide bonds. The summed E-state index contributed by atoms with van der Waals surface area (Å²) in [7, 11) is 0. The molecule has 0 bridgehead atoms. The molecular weight excluding hydrogens is 294 g/mol. The number of furan rings is 1. The summed E-state index contributed by atoms with van der Waals surface area (Å²) in [5.41, 5.74) is 2.21. The van der Waals surface area contributed by atoms with Crippen LogP contribution in [0.2, 0.25) is 5.02 Å². The van der Waals surface area contributed by atoms with Crippen molar-refractivity contribution in [2.24, 2.45) is 0 Å². The molecule has 0 fully saturated rings. The SMILES string of the molecule is OCc1ccc(Cl)c(NCc2noc(-c3ccoc3)n2)c1. The summed E-state index contributed by atoms with van der Waals surface area (Å²) in [6, 6.07) is 7.01. The van der Waals surface area contributed by atoms with E-state index in [1.807, 2.05) is 0 Å². The monoisotopic (exact) mass is 305 g/mol. The lowest BCUT2D eigenvalue weighted by Gasteiger charge is -2.07. The summed E-state index contributed by atoms with van der Waals surface area (Å²) in [4.78, 5) is 4.25. The Kier molecular flexibility index (Phi) is 3.89. The molecule has 7 heteroatoms. The molecule has 3 aromatic rings. The molecule has 0 radical (unpaired) electrons. The topological polar surface area (TPSA) is 84.3 Å². The first kappa shape index (κ1) is 13.7.